The molecule has 0 bridgehead atoms. The molecule has 1 aliphatic rings. The number of carbonyl (C=O) groups excluding carboxylic acids is 2. The predicted molar refractivity (Wildman–Crippen MR) is 62.0 cm³/mol. The number of amides is 2. The number of nitrogens with one attached hydrogen (secondary N) is 3. The summed E-state index contributed by atoms with van der Waals surface area (Å²) in [5.41, 5.74) is 0. The van der Waals surface area contributed by atoms with Crippen LogP contribution in [0.25, 0.3) is 0 Å². The summed E-state index contributed by atoms with van der Waals surface area (Å²) < 4.78 is 0. The van der Waals surface area contributed by atoms with Crippen LogP contribution < -0.4 is 16.0 Å². The van der Waals surface area contributed by atoms with Crippen molar-refractivity contribution in [1.29, 1.82) is 0 Å². The molecule has 92 valence electrons. The summed E-state index contributed by atoms with van der Waals surface area (Å²) in [4.78, 5) is 22.4. The van der Waals surface area contributed by atoms with Gasteiger partial charge in [-0.3, -0.25) is 9.59 Å². The fourth-order valence-electron chi connectivity index (χ4n) is 1.26. The lowest BCUT2D eigenvalue weighted by atomic mass is 10.3. The molecule has 0 aromatic carbocycles. The molecule has 1 saturated carbocycles. The number of carbonyl (C=O) groups is 2. The van der Waals surface area contributed by atoms with E-state index in [0.717, 1.165) is 25.8 Å². The monoisotopic (exact) mass is 227 g/mol. The summed E-state index contributed by atoms with van der Waals surface area (Å²) in [5, 5.41) is 8.61. The van der Waals surface area contributed by atoms with Crippen molar-refractivity contribution in [1.82, 2.24) is 16.0 Å². The van der Waals surface area contributed by atoms with Gasteiger partial charge in [-0.15, -0.1) is 0 Å². The third kappa shape index (κ3) is 6.40. The van der Waals surface area contributed by atoms with E-state index >= 15 is 0 Å². The van der Waals surface area contributed by atoms with E-state index in [2.05, 4.69) is 16.0 Å². The highest BCUT2D eigenvalue weighted by Gasteiger charge is 2.22. The Hall–Kier alpha value is -1.10. The van der Waals surface area contributed by atoms with E-state index in [0.29, 0.717) is 25.6 Å². The summed E-state index contributed by atoms with van der Waals surface area (Å²) >= 11 is 0. The van der Waals surface area contributed by atoms with Gasteiger partial charge in [0.1, 0.15) is 0 Å². The van der Waals surface area contributed by atoms with E-state index in [-0.39, 0.29) is 11.8 Å². The molecule has 0 aromatic heterocycles. The Balaban J connectivity index is 1.89. The Kier molecular flexibility index (Phi) is 5.85. The van der Waals surface area contributed by atoms with Crippen LogP contribution in [0.1, 0.15) is 32.6 Å². The number of hydrogen-bond donors (Lipinski definition) is 3. The predicted octanol–water partition coefficient (Wildman–Crippen LogP) is -0.229. The van der Waals surface area contributed by atoms with E-state index in [1.165, 1.54) is 0 Å². The van der Waals surface area contributed by atoms with Crippen LogP contribution in [0.15, 0.2) is 0 Å². The van der Waals surface area contributed by atoms with Gasteiger partial charge in [0, 0.05) is 25.6 Å². The molecule has 0 heterocycles. The summed E-state index contributed by atoms with van der Waals surface area (Å²) in [5.74, 6) is 0.0633. The molecule has 0 atom stereocenters. The first-order valence-electron chi connectivity index (χ1n) is 5.99. The first-order chi connectivity index (χ1) is 7.72. The van der Waals surface area contributed by atoms with Gasteiger partial charge in [0.05, 0.1) is 6.54 Å². The van der Waals surface area contributed by atoms with Crippen LogP contribution in [0.3, 0.4) is 0 Å². The lowest BCUT2D eigenvalue weighted by Crippen LogP contribution is -2.36. The van der Waals surface area contributed by atoms with Crippen LogP contribution in [0.2, 0.25) is 0 Å². The topological polar surface area (TPSA) is 70.2 Å². The van der Waals surface area contributed by atoms with Gasteiger partial charge in [-0.2, -0.15) is 0 Å². The van der Waals surface area contributed by atoms with Gasteiger partial charge < -0.3 is 16.0 Å². The highest BCUT2D eigenvalue weighted by Crippen LogP contribution is 2.17. The van der Waals surface area contributed by atoms with Crippen LogP contribution in [-0.4, -0.2) is 37.5 Å². The highest BCUT2D eigenvalue weighted by atomic mass is 16.2. The molecular weight excluding hydrogens is 206 g/mol. The van der Waals surface area contributed by atoms with Crippen LogP contribution >= 0.6 is 0 Å². The summed E-state index contributed by atoms with van der Waals surface area (Å²) in [6, 6.07) is 0.405. The van der Waals surface area contributed by atoms with Gasteiger partial charge in [-0.05, 0) is 19.3 Å². The minimum Gasteiger partial charge on any atom is -0.356 e. The normalized spacial score (nSPS) is 14.6. The second kappa shape index (κ2) is 7.22. The molecule has 0 radical (unpaired) electrons. The van der Waals surface area contributed by atoms with Gasteiger partial charge >= 0.3 is 0 Å². The van der Waals surface area contributed by atoms with E-state index < -0.39 is 0 Å². The van der Waals surface area contributed by atoms with Gasteiger partial charge in [0.15, 0.2) is 0 Å². The van der Waals surface area contributed by atoms with E-state index in [1.807, 2.05) is 6.92 Å². The molecule has 3 N–H and O–H groups in total. The average Bonchev–Trinajstić information content (AvgIpc) is 3.05. The van der Waals surface area contributed by atoms with E-state index in [4.69, 9.17) is 0 Å². The highest BCUT2D eigenvalue weighted by molar-refractivity contribution is 5.79. The molecule has 5 nitrogen and oxygen atoms in total. The fourth-order valence-corrected chi connectivity index (χ4v) is 1.26. The molecule has 2 amide bonds. The molecule has 1 rings (SSSR count). The SMILES string of the molecule is CCCNC(=O)CCNCC(=O)NC1CC1. The third-order valence-electron chi connectivity index (χ3n) is 2.33. The zero-order valence-corrected chi connectivity index (χ0v) is 9.84. The van der Waals surface area contributed by atoms with Crippen molar-refractivity contribution in [2.24, 2.45) is 0 Å². The Morgan fingerprint density at radius 2 is 1.94 bits per heavy atom. The van der Waals surface area contributed by atoms with Gasteiger partial charge in [0.2, 0.25) is 11.8 Å². The van der Waals surface area contributed by atoms with Crippen molar-refractivity contribution in [3.63, 3.8) is 0 Å². The quantitative estimate of drug-likeness (QED) is 0.502. The molecule has 0 aromatic rings. The minimum atomic E-state index is 0.0245. The summed E-state index contributed by atoms with van der Waals surface area (Å²) in [6.07, 6.45) is 3.58. The Bertz CT molecular complexity index is 239. The van der Waals surface area contributed by atoms with Gasteiger partial charge in [0.25, 0.3) is 0 Å². The average molecular weight is 227 g/mol. The van der Waals surface area contributed by atoms with Crippen molar-refractivity contribution in [2.45, 2.75) is 38.6 Å². The smallest absolute Gasteiger partial charge is 0.234 e. The second-order valence-corrected chi connectivity index (χ2v) is 4.12. The maximum atomic E-state index is 11.2. The van der Waals surface area contributed by atoms with Crippen LogP contribution in [0.4, 0.5) is 0 Å². The number of hydrogen-bond acceptors (Lipinski definition) is 3. The van der Waals surface area contributed by atoms with Crippen LogP contribution in [-0.2, 0) is 9.59 Å². The van der Waals surface area contributed by atoms with Crippen molar-refractivity contribution < 1.29 is 9.59 Å². The van der Waals surface area contributed by atoms with E-state index in [9.17, 15) is 9.59 Å². The maximum Gasteiger partial charge on any atom is 0.234 e. The zero-order chi connectivity index (χ0) is 11.8. The van der Waals surface area contributed by atoms with Crippen molar-refractivity contribution in [2.75, 3.05) is 19.6 Å². The molecule has 0 saturated heterocycles. The Morgan fingerprint density at radius 3 is 2.56 bits per heavy atom. The largest absolute Gasteiger partial charge is 0.356 e. The second-order valence-electron chi connectivity index (χ2n) is 4.12. The lowest BCUT2D eigenvalue weighted by molar-refractivity contribution is -0.122. The van der Waals surface area contributed by atoms with Crippen LogP contribution in [0.5, 0.6) is 0 Å². The summed E-state index contributed by atoms with van der Waals surface area (Å²) in [7, 11) is 0. The molecule has 16 heavy (non-hydrogen) atoms. The lowest BCUT2D eigenvalue weighted by Gasteiger charge is -2.06. The standard InChI is InChI=1S/C11H21N3O2/c1-2-6-13-10(15)5-7-12-8-11(16)14-9-3-4-9/h9,12H,2-8H2,1H3,(H,13,15)(H,14,16). The van der Waals surface area contributed by atoms with Gasteiger partial charge in [-0.25, -0.2) is 0 Å². The fraction of sp³-hybridized carbons (Fsp3) is 0.818. The van der Waals surface area contributed by atoms with Crippen molar-refractivity contribution in [3.05, 3.63) is 0 Å². The van der Waals surface area contributed by atoms with E-state index in [1.54, 1.807) is 0 Å². The molecule has 0 aliphatic heterocycles. The molecule has 1 fully saturated rings. The molecule has 5 heteroatoms. The number of rotatable bonds is 8. The Labute approximate surface area is 96.4 Å². The minimum absolute atomic E-state index is 0.0245. The molecular formula is C11H21N3O2. The molecule has 1 aliphatic carbocycles. The van der Waals surface area contributed by atoms with Crippen LogP contribution in [0, 0.1) is 0 Å². The van der Waals surface area contributed by atoms with Crippen molar-refractivity contribution in [3.8, 4) is 0 Å². The van der Waals surface area contributed by atoms with Crippen molar-refractivity contribution >= 4 is 11.8 Å². The first-order valence-corrected chi connectivity index (χ1v) is 5.99. The third-order valence-corrected chi connectivity index (χ3v) is 2.33. The zero-order valence-electron chi connectivity index (χ0n) is 9.84. The van der Waals surface area contributed by atoms with Gasteiger partial charge in [-0.1, -0.05) is 6.92 Å². The summed E-state index contributed by atoms with van der Waals surface area (Å²) in [6.45, 7) is 3.59. The first kappa shape index (κ1) is 13.0. The molecule has 0 spiro atoms. The molecule has 0 unspecified atom stereocenters. The maximum absolute atomic E-state index is 11.2. The Morgan fingerprint density at radius 1 is 1.19 bits per heavy atom.